The molecule has 0 aliphatic heterocycles. The Kier molecular flexibility index (Phi) is 4.99. The summed E-state index contributed by atoms with van der Waals surface area (Å²) in [6.07, 6.45) is 0. The van der Waals surface area contributed by atoms with E-state index in [9.17, 15) is 4.79 Å². The number of halogens is 1. The van der Waals surface area contributed by atoms with Crippen molar-refractivity contribution in [2.75, 3.05) is 19.5 Å². The van der Waals surface area contributed by atoms with E-state index in [1.165, 1.54) is 7.11 Å². The molecule has 1 aromatic heterocycles. The molecular formula is C17H14BrN3O4. The minimum absolute atomic E-state index is 0.216. The van der Waals surface area contributed by atoms with Crippen LogP contribution in [-0.2, 0) is 0 Å². The Balaban J connectivity index is 1.91. The van der Waals surface area contributed by atoms with E-state index in [1.54, 1.807) is 43.5 Å². The molecule has 0 aliphatic rings. The minimum atomic E-state index is -0.329. The van der Waals surface area contributed by atoms with E-state index in [2.05, 4.69) is 31.6 Å². The second-order valence-electron chi connectivity index (χ2n) is 4.97. The van der Waals surface area contributed by atoms with Crippen molar-refractivity contribution in [2.45, 2.75) is 0 Å². The van der Waals surface area contributed by atoms with Gasteiger partial charge in [0.05, 0.1) is 19.8 Å². The smallest absolute Gasteiger partial charge is 0.258 e. The van der Waals surface area contributed by atoms with Gasteiger partial charge in [-0.15, -0.1) is 0 Å². The predicted molar refractivity (Wildman–Crippen MR) is 94.9 cm³/mol. The first kappa shape index (κ1) is 17.0. The van der Waals surface area contributed by atoms with Gasteiger partial charge in [0.1, 0.15) is 0 Å². The molecule has 1 N–H and O–H groups in total. The topological polar surface area (TPSA) is 86.5 Å². The zero-order valence-electron chi connectivity index (χ0n) is 13.4. The average Bonchev–Trinajstić information content (AvgIpc) is 3.09. The van der Waals surface area contributed by atoms with E-state index in [0.717, 1.165) is 0 Å². The third kappa shape index (κ3) is 3.48. The van der Waals surface area contributed by atoms with Gasteiger partial charge in [-0.05, 0) is 56.6 Å². The molecule has 0 atom stereocenters. The number of rotatable bonds is 5. The predicted octanol–water partition coefficient (Wildman–Crippen LogP) is 3.77. The fourth-order valence-electron chi connectivity index (χ4n) is 2.26. The number of ether oxygens (including phenoxy) is 2. The first-order valence-electron chi connectivity index (χ1n) is 7.25. The number of nitrogens with one attached hydrogen (secondary N) is 1. The molecule has 1 amide bonds. The summed E-state index contributed by atoms with van der Waals surface area (Å²) in [6, 6.07) is 12.3. The third-order valence-corrected chi connectivity index (χ3v) is 4.19. The van der Waals surface area contributed by atoms with Gasteiger partial charge in [0.25, 0.3) is 5.91 Å². The van der Waals surface area contributed by atoms with E-state index in [0.29, 0.717) is 32.8 Å². The SMILES string of the molecule is COc1ccc(-c2nonc2NC(=O)c2ccccc2Br)cc1OC. The fraction of sp³-hybridized carbons (Fsp3) is 0.118. The van der Waals surface area contributed by atoms with E-state index in [4.69, 9.17) is 14.1 Å². The summed E-state index contributed by atoms with van der Waals surface area (Å²) in [5.74, 6) is 1.01. The van der Waals surface area contributed by atoms with Gasteiger partial charge in [-0.25, -0.2) is 4.63 Å². The lowest BCUT2D eigenvalue weighted by molar-refractivity contribution is 0.102. The molecule has 3 rings (SSSR count). The molecule has 0 bridgehead atoms. The lowest BCUT2D eigenvalue weighted by Crippen LogP contribution is -2.13. The summed E-state index contributed by atoms with van der Waals surface area (Å²) < 4.78 is 16.0. The van der Waals surface area contributed by atoms with Crippen LogP contribution in [0.3, 0.4) is 0 Å². The van der Waals surface area contributed by atoms with Gasteiger partial charge in [0.15, 0.2) is 17.2 Å². The molecule has 0 unspecified atom stereocenters. The highest BCUT2D eigenvalue weighted by molar-refractivity contribution is 9.10. The van der Waals surface area contributed by atoms with Crippen LogP contribution in [0.25, 0.3) is 11.3 Å². The lowest BCUT2D eigenvalue weighted by atomic mass is 10.1. The van der Waals surface area contributed by atoms with Crippen LogP contribution < -0.4 is 14.8 Å². The second-order valence-corrected chi connectivity index (χ2v) is 5.82. The first-order chi connectivity index (χ1) is 12.1. The highest BCUT2D eigenvalue weighted by Crippen LogP contribution is 2.34. The zero-order valence-corrected chi connectivity index (χ0v) is 15.0. The van der Waals surface area contributed by atoms with Crippen LogP contribution >= 0.6 is 15.9 Å². The number of hydrogen-bond donors (Lipinski definition) is 1. The molecular weight excluding hydrogens is 390 g/mol. The molecule has 25 heavy (non-hydrogen) atoms. The first-order valence-corrected chi connectivity index (χ1v) is 8.04. The Morgan fingerprint density at radius 1 is 1.08 bits per heavy atom. The van der Waals surface area contributed by atoms with E-state index < -0.39 is 0 Å². The fourth-order valence-corrected chi connectivity index (χ4v) is 2.73. The number of nitrogens with zero attached hydrogens (tertiary/aromatic N) is 2. The highest BCUT2D eigenvalue weighted by Gasteiger charge is 2.18. The molecule has 0 aliphatic carbocycles. The van der Waals surface area contributed by atoms with Crippen molar-refractivity contribution < 1.29 is 18.9 Å². The van der Waals surface area contributed by atoms with Gasteiger partial charge in [-0.3, -0.25) is 4.79 Å². The second kappa shape index (κ2) is 7.35. The Morgan fingerprint density at radius 3 is 2.56 bits per heavy atom. The molecule has 2 aromatic carbocycles. The number of aromatic nitrogens is 2. The molecule has 7 nitrogen and oxygen atoms in total. The maximum Gasteiger partial charge on any atom is 0.258 e. The average molecular weight is 404 g/mol. The van der Waals surface area contributed by atoms with Crippen molar-refractivity contribution in [1.82, 2.24) is 10.3 Å². The minimum Gasteiger partial charge on any atom is -0.493 e. The number of anilines is 1. The van der Waals surface area contributed by atoms with Crippen molar-refractivity contribution in [3.8, 4) is 22.8 Å². The monoisotopic (exact) mass is 403 g/mol. The number of methoxy groups -OCH3 is 2. The lowest BCUT2D eigenvalue weighted by Gasteiger charge is -2.09. The zero-order chi connectivity index (χ0) is 17.8. The molecule has 8 heteroatoms. The number of benzene rings is 2. The molecule has 0 fully saturated rings. The quantitative estimate of drug-likeness (QED) is 0.697. The Morgan fingerprint density at radius 2 is 1.84 bits per heavy atom. The summed E-state index contributed by atoms with van der Waals surface area (Å²) in [7, 11) is 3.09. The van der Waals surface area contributed by atoms with Crippen LogP contribution in [-0.4, -0.2) is 30.4 Å². The summed E-state index contributed by atoms with van der Waals surface area (Å²) in [6.45, 7) is 0. The van der Waals surface area contributed by atoms with E-state index >= 15 is 0 Å². The largest absolute Gasteiger partial charge is 0.493 e. The van der Waals surface area contributed by atoms with Crippen molar-refractivity contribution in [3.05, 3.63) is 52.5 Å². The maximum absolute atomic E-state index is 12.4. The van der Waals surface area contributed by atoms with E-state index in [1.807, 2.05) is 6.07 Å². The molecule has 128 valence electrons. The van der Waals surface area contributed by atoms with Crippen LogP contribution in [0.1, 0.15) is 10.4 Å². The standard InChI is InChI=1S/C17H14BrN3O4/c1-23-13-8-7-10(9-14(13)24-2)15-16(21-25-20-15)19-17(22)11-5-3-4-6-12(11)18/h3-9H,1-2H3,(H,19,21,22). The van der Waals surface area contributed by atoms with Gasteiger partial charge < -0.3 is 14.8 Å². The van der Waals surface area contributed by atoms with Crippen LogP contribution in [0.15, 0.2) is 51.6 Å². The van der Waals surface area contributed by atoms with Crippen molar-refractivity contribution in [3.63, 3.8) is 0 Å². The summed E-state index contributed by atoms with van der Waals surface area (Å²) in [5, 5.41) is 10.4. The van der Waals surface area contributed by atoms with Crippen LogP contribution in [0.5, 0.6) is 11.5 Å². The molecule has 0 spiro atoms. The van der Waals surface area contributed by atoms with Crippen LogP contribution in [0, 0.1) is 0 Å². The molecule has 0 saturated heterocycles. The van der Waals surface area contributed by atoms with Gasteiger partial charge in [0, 0.05) is 10.0 Å². The molecule has 0 saturated carbocycles. The van der Waals surface area contributed by atoms with Gasteiger partial charge >= 0.3 is 0 Å². The normalized spacial score (nSPS) is 10.4. The Bertz CT molecular complexity index is 910. The van der Waals surface area contributed by atoms with Gasteiger partial charge in [-0.2, -0.15) is 0 Å². The third-order valence-electron chi connectivity index (χ3n) is 3.50. The van der Waals surface area contributed by atoms with Gasteiger partial charge in [0.2, 0.25) is 5.82 Å². The summed E-state index contributed by atoms with van der Waals surface area (Å²) in [5.41, 5.74) is 1.53. The maximum atomic E-state index is 12.4. The van der Waals surface area contributed by atoms with E-state index in [-0.39, 0.29) is 11.7 Å². The van der Waals surface area contributed by atoms with Crippen LogP contribution in [0.4, 0.5) is 5.82 Å². The summed E-state index contributed by atoms with van der Waals surface area (Å²) in [4.78, 5) is 12.4. The van der Waals surface area contributed by atoms with Crippen molar-refractivity contribution >= 4 is 27.7 Å². The molecule has 1 heterocycles. The molecule has 0 radical (unpaired) electrons. The Hall–Kier alpha value is -2.87. The van der Waals surface area contributed by atoms with Crippen LogP contribution in [0.2, 0.25) is 0 Å². The molecule has 3 aromatic rings. The highest BCUT2D eigenvalue weighted by atomic mass is 79.9. The van der Waals surface area contributed by atoms with Gasteiger partial charge in [-0.1, -0.05) is 12.1 Å². The Labute approximate surface area is 152 Å². The number of carbonyl (C=O) groups excluding carboxylic acids is 1. The number of amides is 1. The van der Waals surface area contributed by atoms with Crippen molar-refractivity contribution in [1.29, 1.82) is 0 Å². The van der Waals surface area contributed by atoms with Crippen molar-refractivity contribution in [2.24, 2.45) is 0 Å². The summed E-state index contributed by atoms with van der Waals surface area (Å²) >= 11 is 3.35. The number of hydrogen-bond acceptors (Lipinski definition) is 6. The number of carbonyl (C=O) groups is 1.